The summed E-state index contributed by atoms with van der Waals surface area (Å²) in [6.45, 7) is 6.57. The third-order valence-electron chi connectivity index (χ3n) is 8.17. The SMILES string of the molecule is CCN1CCN(c2cc3c(c(=C4CC4)c2Nc2nnc(-c4ccc([N+](=O)[O-])cc4)s2)=NC(c2ccc(C(F)(F)F)cc2)=N3)CC1. The molecule has 3 aromatic carbocycles. The number of nitro groups is 1. The van der Waals surface area contributed by atoms with Crippen LogP contribution < -0.4 is 20.8 Å². The summed E-state index contributed by atoms with van der Waals surface area (Å²) in [5, 5.41) is 26.2. The molecule has 2 fully saturated rings. The molecule has 3 heterocycles. The van der Waals surface area contributed by atoms with Gasteiger partial charge in [-0.15, -0.1) is 10.2 Å². The summed E-state index contributed by atoms with van der Waals surface area (Å²) >= 11 is 1.34. The van der Waals surface area contributed by atoms with Crippen LogP contribution in [0.5, 0.6) is 0 Å². The van der Waals surface area contributed by atoms with Gasteiger partial charge in [0.05, 0.1) is 27.5 Å². The molecule has 0 spiro atoms. The average Bonchev–Trinajstić information content (AvgIpc) is 3.61. The number of amidine groups is 1. The van der Waals surface area contributed by atoms with Crippen molar-refractivity contribution >= 4 is 50.6 Å². The molecule has 0 unspecified atom stereocenters. The van der Waals surface area contributed by atoms with Crippen molar-refractivity contribution in [3.63, 3.8) is 0 Å². The van der Waals surface area contributed by atoms with Gasteiger partial charge in [0.25, 0.3) is 5.69 Å². The number of non-ortho nitro benzene ring substituents is 1. The maximum atomic E-state index is 13.2. The maximum Gasteiger partial charge on any atom is 0.416 e. The number of aliphatic imine (C=N–C) groups is 1. The van der Waals surface area contributed by atoms with Gasteiger partial charge >= 0.3 is 6.18 Å². The first-order valence-electron chi connectivity index (χ1n) is 14.5. The fourth-order valence-electron chi connectivity index (χ4n) is 5.59. The summed E-state index contributed by atoms with van der Waals surface area (Å²) in [5.41, 5.74) is 4.22. The van der Waals surface area contributed by atoms with Crippen molar-refractivity contribution in [3.05, 3.63) is 86.4 Å². The molecule has 0 radical (unpaired) electrons. The summed E-state index contributed by atoms with van der Waals surface area (Å²) in [7, 11) is 0. The number of likely N-dealkylation sites (N-methyl/N-ethyl adjacent to an activating group) is 1. The monoisotopic (exact) mass is 632 g/mol. The van der Waals surface area contributed by atoms with Crippen molar-refractivity contribution in [1.29, 1.82) is 0 Å². The van der Waals surface area contributed by atoms with Gasteiger partial charge in [0.1, 0.15) is 10.4 Å². The zero-order chi connectivity index (χ0) is 31.3. The van der Waals surface area contributed by atoms with Crippen molar-refractivity contribution in [2.45, 2.75) is 25.9 Å². The van der Waals surface area contributed by atoms with Crippen molar-refractivity contribution in [3.8, 4) is 10.6 Å². The van der Waals surface area contributed by atoms with Crippen LogP contribution in [-0.4, -0.2) is 58.6 Å². The Morgan fingerprint density at radius 3 is 2.27 bits per heavy atom. The Labute approximate surface area is 259 Å². The molecule has 0 atom stereocenters. The van der Waals surface area contributed by atoms with E-state index >= 15 is 0 Å². The first-order chi connectivity index (χ1) is 21.7. The molecule has 1 aliphatic carbocycles. The molecule has 14 heteroatoms. The lowest BCUT2D eigenvalue weighted by molar-refractivity contribution is -0.384. The number of rotatable bonds is 7. The van der Waals surface area contributed by atoms with Gasteiger partial charge in [-0.1, -0.05) is 36.0 Å². The molecule has 0 bridgehead atoms. The lowest BCUT2D eigenvalue weighted by Gasteiger charge is -2.36. The molecule has 45 heavy (non-hydrogen) atoms. The number of benzene rings is 3. The number of alkyl halides is 3. The van der Waals surface area contributed by atoms with Crippen LogP contribution in [0.4, 0.5) is 41.1 Å². The van der Waals surface area contributed by atoms with Crippen LogP contribution in [0.15, 0.2) is 64.6 Å². The lowest BCUT2D eigenvalue weighted by atomic mass is 10.1. The van der Waals surface area contributed by atoms with Crippen LogP contribution in [0.25, 0.3) is 16.1 Å². The molecule has 1 N–H and O–H groups in total. The largest absolute Gasteiger partial charge is 0.416 e. The van der Waals surface area contributed by atoms with Crippen molar-refractivity contribution in [2.75, 3.05) is 42.9 Å². The number of halogens is 3. The zero-order valence-corrected chi connectivity index (χ0v) is 25.0. The third kappa shape index (κ3) is 5.78. The van der Waals surface area contributed by atoms with Gasteiger partial charge in [-0.2, -0.15) is 13.2 Å². The van der Waals surface area contributed by atoms with Gasteiger partial charge in [0.15, 0.2) is 5.84 Å². The smallest absolute Gasteiger partial charge is 0.367 e. The summed E-state index contributed by atoms with van der Waals surface area (Å²) in [6.07, 6.45) is -2.61. The van der Waals surface area contributed by atoms with E-state index in [4.69, 9.17) is 9.98 Å². The van der Waals surface area contributed by atoms with Gasteiger partial charge in [0, 0.05) is 54.7 Å². The second-order valence-electron chi connectivity index (χ2n) is 11.0. The summed E-state index contributed by atoms with van der Waals surface area (Å²) in [4.78, 5) is 25.0. The Morgan fingerprint density at radius 1 is 0.956 bits per heavy atom. The van der Waals surface area contributed by atoms with E-state index in [9.17, 15) is 23.3 Å². The predicted molar refractivity (Wildman–Crippen MR) is 167 cm³/mol. The number of hydrogen-bond donors (Lipinski definition) is 1. The zero-order valence-electron chi connectivity index (χ0n) is 24.1. The molecule has 2 aliphatic heterocycles. The minimum absolute atomic E-state index is 0.000278. The second kappa shape index (κ2) is 11.3. The van der Waals surface area contributed by atoms with Gasteiger partial charge in [-0.25, -0.2) is 9.98 Å². The maximum absolute atomic E-state index is 13.2. The van der Waals surface area contributed by atoms with E-state index in [1.54, 1.807) is 12.1 Å². The molecule has 0 amide bonds. The average molecular weight is 633 g/mol. The Balaban J connectivity index is 1.30. The molecule has 7 rings (SSSR count). The highest BCUT2D eigenvalue weighted by molar-refractivity contribution is 7.18. The highest BCUT2D eigenvalue weighted by Gasteiger charge is 2.31. The topological polar surface area (TPSA) is 112 Å². The highest BCUT2D eigenvalue weighted by Crippen LogP contribution is 2.37. The van der Waals surface area contributed by atoms with E-state index in [2.05, 4.69) is 32.2 Å². The van der Waals surface area contributed by atoms with Gasteiger partial charge < -0.3 is 15.1 Å². The first kappa shape index (κ1) is 29.0. The van der Waals surface area contributed by atoms with Gasteiger partial charge in [-0.3, -0.25) is 10.1 Å². The number of anilines is 3. The highest BCUT2D eigenvalue weighted by atomic mass is 32.1. The first-order valence-corrected chi connectivity index (χ1v) is 15.4. The lowest BCUT2D eigenvalue weighted by Crippen LogP contribution is -2.47. The molecule has 10 nitrogen and oxygen atoms in total. The molecular weight excluding hydrogens is 605 g/mol. The normalized spacial score (nSPS) is 16.3. The van der Waals surface area contributed by atoms with E-state index in [1.807, 2.05) is 6.07 Å². The molecule has 1 saturated heterocycles. The fraction of sp³-hybridized carbons (Fsp3) is 0.290. The second-order valence-corrected chi connectivity index (χ2v) is 12.0. The molecule has 1 saturated carbocycles. The van der Waals surface area contributed by atoms with Crippen molar-refractivity contribution in [2.24, 2.45) is 9.98 Å². The summed E-state index contributed by atoms with van der Waals surface area (Å²) in [5.74, 6) is 0.372. The van der Waals surface area contributed by atoms with Crippen LogP contribution in [-0.2, 0) is 6.18 Å². The Morgan fingerprint density at radius 2 is 1.64 bits per heavy atom. The van der Waals surface area contributed by atoms with E-state index in [1.165, 1.54) is 41.2 Å². The Kier molecular flexibility index (Phi) is 7.32. The quantitative estimate of drug-likeness (QED) is 0.206. The van der Waals surface area contributed by atoms with Crippen LogP contribution in [0.2, 0.25) is 0 Å². The predicted octanol–water partition coefficient (Wildman–Crippen LogP) is 5.67. The summed E-state index contributed by atoms with van der Waals surface area (Å²) in [6, 6.07) is 13.1. The van der Waals surface area contributed by atoms with Crippen LogP contribution >= 0.6 is 11.3 Å². The van der Waals surface area contributed by atoms with Crippen LogP contribution in [0, 0.1) is 10.1 Å². The molecule has 230 valence electrons. The standard InChI is InChI=1S/C31H27F3N8O2S/c1-2-40-13-15-41(16-14-40)24-17-23-26(36-28(35-23)19-5-9-21(10-6-19)31(32,33)34)25(18-3-4-18)27(24)37-30-39-38-29(45-30)20-7-11-22(12-8-20)42(43)44/h5-12,17H,2-4,13-16H2,1H3,(H,37,39). The van der Waals surface area contributed by atoms with Gasteiger partial charge in [0.2, 0.25) is 5.13 Å². The number of nitro benzene ring substituents is 1. The van der Waals surface area contributed by atoms with Crippen molar-refractivity contribution in [1.82, 2.24) is 15.1 Å². The molecule has 3 aliphatic rings. The number of piperazine rings is 1. The minimum Gasteiger partial charge on any atom is -0.367 e. The number of aromatic nitrogens is 2. The van der Waals surface area contributed by atoms with E-state index in [0.29, 0.717) is 32.6 Å². The van der Waals surface area contributed by atoms with Gasteiger partial charge in [-0.05, 0) is 49.7 Å². The minimum atomic E-state index is -4.42. The fourth-order valence-corrected chi connectivity index (χ4v) is 6.34. The van der Waals surface area contributed by atoms with E-state index < -0.39 is 16.7 Å². The summed E-state index contributed by atoms with van der Waals surface area (Å²) < 4.78 is 39.6. The molecular formula is C31H27F3N8O2S. The van der Waals surface area contributed by atoms with Crippen LogP contribution in [0.1, 0.15) is 30.9 Å². The van der Waals surface area contributed by atoms with Crippen molar-refractivity contribution < 1.29 is 18.1 Å². The van der Waals surface area contributed by atoms with E-state index in [-0.39, 0.29) is 5.69 Å². The number of nitrogens with one attached hydrogen (secondary N) is 1. The molecule has 4 aromatic rings. The van der Waals surface area contributed by atoms with Crippen LogP contribution in [0.3, 0.4) is 0 Å². The number of hydrogen-bond acceptors (Lipinski definition) is 10. The Bertz CT molecular complexity index is 1940. The number of nitrogens with zero attached hydrogens (tertiary/aromatic N) is 7. The Hall–Kier alpha value is -4.69. The van der Waals surface area contributed by atoms with E-state index in [0.717, 1.165) is 79.9 Å². The number of fused-ring (bicyclic) bond motifs is 1. The third-order valence-corrected chi connectivity index (χ3v) is 9.06. The molecule has 1 aromatic heterocycles.